The minimum absolute atomic E-state index is 0.348. The van der Waals surface area contributed by atoms with Gasteiger partial charge in [0.15, 0.2) is 0 Å². The van der Waals surface area contributed by atoms with E-state index in [1.165, 1.54) is 12.1 Å². The summed E-state index contributed by atoms with van der Waals surface area (Å²) in [5.41, 5.74) is -2.28. The Hall–Kier alpha value is -1.64. The van der Waals surface area contributed by atoms with Crippen molar-refractivity contribution in [2.24, 2.45) is 0 Å². The van der Waals surface area contributed by atoms with Gasteiger partial charge in [-0.25, -0.2) is 9.18 Å². The van der Waals surface area contributed by atoms with Crippen molar-refractivity contribution in [1.82, 2.24) is 4.90 Å². The van der Waals surface area contributed by atoms with Gasteiger partial charge in [-0.15, -0.1) is 0 Å². The molecule has 1 saturated heterocycles. The molecule has 1 aliphatic rings. The fraction of sp³-hybridized carbons (Fsp3) is 0.696. The minimum Gasteiger partial charge on any atom is -0.444 e. The molecule has 174 valence electrons. The van der Waals surface area contributed by atoms with Gasteiger partial charge in [-0.05, 0) is 79.5 Å². The zero-order chi connectivity index (χ0) is 23.7. The predicted molar refractivity (Wildman–Crippen MR) is 119 cm³/mol. The summed E-state index contributed by atoms with van der Waals surface area (Å²) in [4.78, 5) is 15.0. The molecule has 0 radical (unpaired) electrons. The second kappa shape index (κ2) is 9.08. The van der Waals surface area contributed by atoms with Crippen LogP contribution in [0.4, 0.5) is 9.18 Å². The van der Waals surface area contributed by atoms with Crippen LogP contribution < -0.4 is 0 Å². The SMILES string of the molecule is COCCCN(C(=O)OC(C)(C)C)C(C)(B1OC(C)(C)C(C)(C)O1)c1ccc(F)cc1. The molecule has 1 heterocycles. The van der Waals surface area contributed by atoms with Gasteiger partial charge in [-0.2, -0.15) is 0 Å². The Kier molecular flexibility index (Phi) is 7.51. The topological polar surface area (TPSA) is 57.2 Å². The number of hydrogen-bond donors (Lipinski definition) is 0. The Morgan fingerprint density at radius 1 is 1.06 bits per heavy atom. The Morgan fingerprint density at radius 2 is 1.58 bits per heavy atom. The van der Waals surface area contributed by atoms with Gasteiger partial charge in [0.2, 0.25) is 0 Å². The fourth-order valence-electron chi connectivity index (χ4n) is 3.48. The molecule has 0 bridgehead atoms. The van der Waals surface area contributed by atoms with Gasteiger partial charge in [-0.1, -0.05) is 12.1 Å². The standard InChI is InChI=1S/C23H37BFNO5/c1-20(2,3)29-19(27)26(15-10-16-28-9)23(8,17-11-13-18(25)14-12-17)24-30-21(4,5)22(6,7)31-24/h11-14H,10,15-16H2,1-9H3. The number of carbonyl (C=O) groups is 1. The van der Waals surface area contributed by atoms with Gasteiger partial charge in [0.1, 0.15) is 16.9 Å². The van der Waals surface area contributed by atoms with Crippen molar-refractivity contribution < 1.29 is 28.0 Å². The third-order valence-corrected chi connectivity index (χ3v) is 6.05. The van der Waals surface area contributed by atoms with Crippen molar-refractivity contribution in [3.05, 3.63) is 35.6 Å². The first kappa shape index (κ1) is 25.6. The van der Waals surface area contributed by atoms with Gasteiger partial charge in [0.25, 0.3) is 0 Å². The summed E-state index contributed by atoms with van der Waals surface area (Å²) in [6, 6.07) is 6.07. The van der Waals surface area contributed by atoms with Crippen molar-refractivity contribution in [3.8, 4) is 0 Å². The van der Waals surface area contributed by atoms with Crippen molar-refractivity contribution in [1.29, 1.82) is 0 Å². The van der Waals surface area contributed by atoms with Crippen LogP contribution in [0.3, 0.4) is 0 Å². The molecule has 8 heteroatoms. The maximum absolute atomic E-state index is 13.7. The van der Waals surface area contributed by atoms with E-state index in [4.69, 9.17) is 18.8 Å². The lowest BCUT2D eigenvalue weighted by atomic mass is 9.60. The molecule has 6 nitrogen and oxygen atoms in total. The molecule has 0 saturated carbocycles. The van der Waals surface area contributed by atoms with E-state index in [0.717, 1.165) is 0 Å². The highest BCUT2D eigenvalue weighted by molar-refractivity contribution is 6.49. The lowest BCUT2D eigenvalue weighted by Gasteiger charge is -2.43. The van der Waals surface area contributed by atoms with Crippen LogP contribution in [-0.4, -0.2) is 55.2 Å². The number of benzene rings is 1. The monoisotopic (exact) mass is 437 g/mol. The quantitative estimate of drug-likeness (QED) is 0.447. The van der Waals surface area contributed by atoms with E-state index in [9.17, 15) is 9.18 Å². The first-order chi connectivity index (χ1) is 14.1. The molecule has 1 atom stereocenters. The Bertz CT molecular complexity index is 746. The summed E-state index contributed by atoms with van der Waals surface area (Å²) in [6.45, 7) is 16.0. The summed E-state index contributed by atoms with van der Waals surface area (Å²) in [7, 11) is 0.823. The molecule has 0 spiro atoms. The summed E-state index contributed by atoms with van der Waals surface area (Å²) >= 11 is 0. The van der Waals surface area contributed by atoms with Crippen LogP contribution in [-0.2, 0) is 24.2 Å². The Labute approximate surface area is 186 Å². The van der Waals surface area contributed by atoms with E-state index in [-0.39, 0.29) is 5.82 Å². The summed E-state index contributed by atoms with van der Waals surface area (Å²) < 4.78 is 37.5. The Balaban J connectivity index is 2.58. The van der Waals surface area contributed by atoms with Gasteiger partial charge in [0.05, 0.1) is 11.2 Å². The largest absolute Gasteiger partial charge is 0.490 e. The van der Waals surface area contributed by atoms with E-state index in [2.05, 4.69) is 0 Å². The van der Waals surface area contributed by atoms with Crippen LogP contribution in [0.2, 0.25) is 0 Å². The molecular formula is C23H37BFNO5. The predicted octanol–water partition coefficient (Wildman–Crippen LogP) is 4.95. The van der Waals surface area contributed by atoms with Crippen molar-refractivity contribution >= 4 is 13.2 Å². The molecule has 0 aromatic heterocycles. The average molecular weight is 437 g/mol. The number of methoxy groups -OCH3 is 1. The van der Waals surface area contributed by atoms with Crippen LogP contribution >= 0.6 is 0 Å². The number of halogens is 1. The molecule has 2 rings (SSSR count). The number of amides is 1. The third-order valence-electron chi connectivity index (χ3n) is 6.05. The van der Waals surface area contributed by atoms with Crippen LogP contribution in [0.1, 0.15) is 67.4 Å². The second-order valence-electron chi connectivity index (χ2n) is 10.2. The second-order valence-corrected chi connectivity index (χ2v) is 10.2. The van der Waals surface area contributed by atoms with Crippen molar-refractivity contribution in [2.75, 3.05) is 20.3 Å². The van der Waals surface area contributed by atoms with Crippen molar-refractivity contribution in [2.45, 2.75) is 84.1 Å². The van der Waals surface area contributed by atoms with Gasteiger partial charge in [0, 0.05) is 20.3 Å². The van der Waals surface area contributed by atoms with Gasteiger partial charge in [-0.3, -0.25) is 4.90 Å². The lowest BCUT2D eigenvalue weighted by Crippen LogP contribution is -2.59. The normalized spacial score (nSPS) is 19.7. The molecule has 0 aliphatic carbocycles. The van der Waals surface area contributed by atoms with E-state index in [1.807, 2.05) is 55.4 Å². The molecule has 1 aromatic carbocycles. The van der Waals surface area contributed by atoms with Gasteiger partial charge < -0.3 is 18.8 Å². The number of carbonyl (C=O) groups excluding carboxylic acids is 1. The average Bonchev–Trinajstić information content (AvgIpc) is 2.85. The smallest absolute Gasteiger partial charge is 0.444 e. The highest BCUT2D eigenvalue weighted by atomic mass is 19.1. The molecule has 1 amide bonds. The lowest BCUT2D eigenvalue weighted by molar-refractivity contribution is 0.00351. The molecular weight excluding hydrogens is 400 g/mol. The van der Waals surface area contributed by atoms with E-state index < -0.39 is 35.5 Å². The Morgan fingerprint density at radius 3 is 2.03 bits per heavy atom. The molecule has 0 N–H and O–H groups in total. The van der Waals surface area contributed by atoms with E-state index in [1.54, 1.807) is 24.1 Å². The van der Waals surface area contributed by atoms with Crippen LogP contribution in [0.15, 0.2) is 24.3 Å². The molecule has 1 aliphatic heterocycles. The highest BCUT2D eigenvalue weighted by Gasteiger charge is 2.61. The molecule has 1 aromatic rings. The first-order valence-electron chi connectivity index (χ1n) is 10.8. The maximum atomic E-state index is 13.7. The third kappa shape index (κ3) is 5.59. The fourth-order valence-corrected chi connectivity index (χ4v) is 3.48. The number of ether oxygens (including phenoxy) is 2. The summed E-state index contributed by atoms with van der Waals surface area (Å²) in [6.07, 6.45) is 0.0941. The van der Waals surface area contributed by atoms with Crippen LogP contribution in [0.5, 0.6) is 0 Å². The summed E-state index contributed by atoms with van der Waals surface area (Å²) in [5.74, 6) is -0.358. The number of hydrogen-bond acceptors (Lipinski definition) is 5. The zero-order valence-electron chi connectivity index (χ0n) is 20.4. The number of rotatable bonds is 7. The minimum atomic E-state index is -1.07. The zero-order valence-corrected chi connectivity index (χ0v) is 20.4. The maximum Gasteiger partial charge on any atom is 0.490 e. The van der Waals surface area contributed by atoms with E-state index in [0.29, 0.717) is 25.1 Å². The highest BCUT2D eigenvalue weighted by Crippen LogP contribution is 2.45. The number of nitrogens with zero attached hydrogens (tertiary/aromatic N) is 1. The van der Waals surface area contributed by atoms with Crippen LogP contribution in [0.25, 0.3) is 0 Å². The van der Waals surface area contributed by atoms with Crippen LogP contribution in [0, 0.1) is 5.82 Å². The van der Waals surface area contributed by atoms with Crippen molar-refractivity contribution in [3.63, 3.8) is 0 Å². The molecule has 1 fully saturated rings. The van der Waals surface area contributed by atoms with E-state index >= 15 is 0 Å². The molecule has 31 heavy (non-hydrogen) atoms. The molecule has 1 unspecified atom stereocenters. The van der Waals surface area contributed by atoms with Gasteiger partial charge >= 0.3 is 13.2 Å². The first-order valence-corrected chi connectivity index (χ1v) is 10.8. The summed E-state index contributed by atoms with van der Waals surface area (Å²) in [5, 5.41) is 0.